The van der Waals surface area contributed by atoms with E-state index in [0.29, 0.717) is 4.75 Å². The number of aliphatic imine (C=N–C) groups is 1. The van der Waals surface area contributed by atoms with Gasteiger partial charge in [0.15, 0.2) is 5.96 Å². The first kappa shape index (κ1) is 19.5. The second-order valence-corrected chi connectivity index (χ2v) is 9.33. The summed E-state index contributed by atoms with van der Waals surface area (Å²) in [4.78, 5) is 8.26. The van der Waals surface area contributed by atoms with Crippen LogP contribution >= 0.6 is 11.8 Å². The van der Waals surface area contributed by atoms with Gasteiger partial charge < -0.3 is 15.4 Å². The molecule has 0 amide bonds. The van der Waals surface area contributed by atoms with E-state index in [1.807, 2.05) is 18.8 Å². The minimum atomic E-state index is 0.0808. The van der Waals surface area contributed by atoms with Crippen LogP contribution < -0.4 is 10.6 Å². The molecule has 0 spiro atoms. The molecule has 5 nitrogen and oxygen atoms in total. The van der Waals surface area contributed by atoms with Gasteiger partial charge in [0.25, 0.3) is 0 Å². The Labute approximate surface area is 162 Å². The highest BCUT2D eigenvalue weighted by Crippen LogP contribution is 2.51. The lowest BCUT2D eigenvalue weighted by atomic mass is 10.0. The molecule has 0 radical (unpaired) electrons. The molecule has 144 valence electrons. The van der Waals surface area contributed by atoms with Crippen molar-refractivity contribution in [3.63, 3.8) is 0 Å². The van der Waals surface area contributed by atoms with E-state index in [1.54, 1.807) is 0 Å². The topological polar surface area (TPSA) is 48.9 Å². The predicted molar refractivity (Wildman–Crippen MR) is 110 cm³/mol. The second kappa shape index (κ2) is 8.63. The van der Waals surface area contributed by atoms with Crippen molar-refractivity contribution in [2.75, 3.05) is 46.4 Å². The number of nitrogens with one attached hydrogen (secondary N) is 2. The van der Waals surface area contributed by atoms with E-state index in [4.69, 9.17) is 4.74 Å². The fraction of sp³-hybridized carbons (Fsp3) is 0.650. The fourth-order valence-electron chi connectivity index (χ4n) is 3.24. The zero-order valence-corrected chi connectivity index (χ0v) is 17.1. The largest absolute Gasteiger partial charge is 0.379 e. The minimum absolute atomic E-state index is 0.0808. The molecule has 0 aromatic heterocycles. The maximum atomic E-state index is 5.47. The van der Waals surface area contributed by atoms with E-state index in [1.165, 1.54) is 17.7 Å². The quantitative estimate of drug-likeness (QED) is 0.566. The molecule has 2 fully saturated rings. The van der Waals surface area contributed by atoms with Gasteiger partial charge >= 0.3 is 0 Å². The first-order chi connectivity index (χ1) is 12.5. The third-order valence-electron chi connectivity index (χ3n) is 5.24. The summed E-state index contributed by atoms with van der Waals surface area (Å²) in [6.07, 6.45) is 2.52. The molecule has 1 aliphatic carbocycles. The molecule has 2 N–H and O–H groups in total. The highest BCUT2D eigenvalue weighted by atomic mass is 32.2. The Morgan fingerprint density at radius 2 is 1.88 bits per heavy atom. The van der Waals surface area contributed by atoms with Crippen molar-refractivity contribution in [2.45, 2.75) is 41.9 Å². The number of nitrogens with zero attached hydrogens (tertiary/aromatic N) is 2. The number of hydrogen-bond donors (Lipinski definition) is 2. The summed E-state index contributed by atoms with van der Waals surface area (Å²) in [5.41, 5.74) is 0.0808. The summed E-state index contributed by atoms with van der Waals surface area (Å²) in [6, 6.07) is 10.7. The van der Waals surface area contributed by atoms with E-state index in [0.717, 1.165) is 45.4 Å². The number of ether oxygens (including phenoxy) is 1. The van der Waals surface area contributed by atoms with Crippen LogP contribution in [0.4, 0.5) is 0 Å². The summed E-state index contributed by atoms with van der Waals surface area (Å²) in [5, 5.41) is 7.06. The Morgan fingerprint density at radius 1 is 1.19 bits per heavy atom. The molecular formula is C20H32N4OS. The number of thioether (sulfide) groups is 1. The van der Waals surface area contributed by atoms with Crippen molar-refractivity contribution in [1.29, 1.82) is 0 Å². The Hall–Kier alpha value is -1.24. The Morgan fingerprint density at radius 3 is 2.50 bits per heavy atom. The average molecular weight is 377 g/mol. The standard InChI is InChI=1S/C20H32N4OS/c1-19(2,24-11-13-25-14-12-24)15-22-18(21-3)23-16-20(9-10-20)26-17-7-5-4-6-8-17/h4-8H,9-16H2,1-3H3,(H2,21,22,23). The number of guanidine groups is 1. The number of rotatable bonds is 7. The van der Waals surface area contributed by atoms with Crippen LogP contribution in [0, 0.1) is 0 Å². The molecule has 1 saturated heterocycles. The molecule has 0 unspecified atom stereocenters. The normalized spacial score (nSPS) is 20.7. The lowest BCUT2D eigenvalue weighted by Crippen LogP contribution is -2.56. The fourth-order valence-corrected chi connectivity index (χ4v) is 4.48. The van der Waals surface area contributed by atoms with Crippen molar-refractivity contribution >= 4 is 17.7 Å². The van der Waals surface area contributed by atoms with E-state index >= 15 is 0 Å². The zero-order valence-electron chi connectivity index (χ0n) is 16.3. The van der Waals surface area contributed by atoms with Gasteiger partial charge in [0.05, 0.1) is 13.2 Å². The summed E-state index contributed by atoms with van der Waals surface area (Å²) in [7, 11) is 1.85. The van der Waals surface area contributed by atoms with Gasteiger partial charge in [0, 0.05) is 48.4 Å². The average Bonchev–Trinajstić information content (AvgIpc) is 3.43. The van der Waals surface area contributed by atoms with E-state index in [9.17, 15) is 0 Å². The molecule has 1 aromatic rings. The van der Waals surface area contributed by atoms with Crippen LogP contribution in [0.15, 0.2) is 40.2 Å². The Kier molecular flexibility index (Phi) is 6.48. The van der Waals surface area contributed by atoms with E-state index in [2.05, 4.69) is 64.7 Å². The van der Waals surface area contributed by atoms with Crippen molar-refractivity contribution in [3.05, 3.63) is 30.3 Å². The highest BCUT2D eigenvalue weighted by molar-refractivity contribution is 8.01. The molecule has 0 bridgehead atoms. The highest BCUT2D eigenvalue weighted by Gasteiger charge is 2.43. The van der Waals surface area contributed by atoms with Gasteiger partial charge in [-0.25, -0.2) is 0 Å². The van der Waals surface area contributed by atoms with Crippen LogP contribution in [0.3, 0.4) is 0 Å². The monoisotopic (exact) mass is 376 g/mol. The third-order valence-corrected chi connectivity index (χ3v) is 6.74. The van der Waals surface area contributed by atoms with Crippen LogP contribution in [0.2, 0.25) is 0 Å². The molecule has 26 heavy (non-hydrogen) atoms. The third kappa shape index (κ3) is 5.38. The molecule has 1 aliphatic heterocycles. The SMILES string of the molecule is CN=C(NCC1(Sc2ccccc2)CC1)NCC(C)(C)N1CCOCC1. The number of hydrogen-bond acceptors (Lipinski definition) is 4. The van der Waals surface area contributed by atoms with Crippen LogP contribution in [0.5, 0.6) is 0 Å². The Balaban J connectivity index is 1.46. The van der Waals surface area contributed by atoms with Gasteiger partial charge in [0.2, 0.25) is 0 Å². The molecule has 2 aliphatic rings. The molecule has 1 saturated carbocycles. The molecule has 0 atom stereocenters. The molecule has 3 rings (SSSR count). The van der Waals surface area contributed by atoms with Crippen LogP contribution in [0.1, 0.15) is 26.7 Å². The van der Waals surface area contributed by atoms with Crippen molar-refractivity contribution in [1.82, 2.24) is 15.5 Å². The number of benzene rings is 1. The van der Waals surface area contributed by atoms with E-state index < -0.39 is 0 Å². The van der Waals surface area contributed by atoms with Crippen LogP contribution in [-0.2, 0) is 4.74 Å². The molecule has 6 heteroatoms. The van der Waals surface area contributed by atoms with Crippen LogP contribution in [-0.4, -0.2) is 67.6 Å². The Bertz CT molecular complexity index is 595. The zero-order chi connectivity index (χ0) is 18.5. The van der Waals surface area contributed by atoms with E-state index in [-0.39, 0.29) is 5.54 Å². The maximum Gasteiger partial charge on any atom is 0.191 e. The van der Waals surface area contributed by atoms with Gasteiger partial charge in [-0.15, -0.1) is 11.8 Å². The number of morpholine rings is 1. The van der Waals surface area contributed by atoms with Gasteiger partial charge in [-0.05, 0) is 38.8 Å². The maximum absolute atomic E-state index is 5.47. The first-order valence-corrected chi connectivity index (χ1v) is 10.4. The lowest BCUT2D eigenvalue weighted by molar-refractivity contribution is -0.00833. The minimum Gasteiger partial charge on any atom is -0.379 e. The summed E-state index contributed by atoms with van der Waals surface area (Å²) >= 11 is 1.99. The van der Waals surface area contributed by atoms with Gasteiger partial charge in [-0.1, -0.05) is 18.2 Å². The van der Waals surface area contributed by atoms with Crippen molar-refractivity contribution < 1.29 is 4.74 Å². The van der Waals surface area contributed by atoms with Crippen molar-refractivity contribution in [2.24, 2.45) is 4.99 Å². The molecule has 1 aromatic carbocycles. The van der Waals surface area contributed by atoms with Gasteiger partial charge in [-0.2, -0.15) is 0 Å². The second-order valence-electron chi connectivity index (χ2n) is 7.79. The summed E-state index contributed by atoms with van der Waals surface area (Å²) < 4.78 is 5.79. The summed E-state index contributed by atoms with van der Waals surface area (Å²) in [5.74, 6) is 0.895. The predicted octanol–water partition coefficient (Wildman–Crippen LogP) is 2.59. The van der Waals surface area contributed by atoms with Crippen LogP contribution in [0.25, 0.3) is 0 Å². The molecule has 1 heterocycles. The van der Waals surface area contributed by atoms with Crippen molar-refractivity contribution in [3.8, 4) is 0 Å². The summed E-state index contributed by atoms with van der Waals surface area (Å²) in [6.45, 7) is 10.0. The molecular weight excluding hydrogens is 344 g/mol. The van der Waals surface area contributed by atoms with Gasteiger partial charge in [-0.3, -0.25) is 9.89 Å². The first-order valence-electron chi connectivity index (χ1n) is 9.54. The smallest absolute Gasteiger partial charge is 0.191 e. The van der Waals surface area contributed by atoms with Gasteiger partial charge in [0.1, 0.15) is 0 Å². The lowest BCUT2D eigenvalue weighted by Gasteiger charge is -2.41.